The maximum absolute atomic E-state index is 12.9. The van der Waals surface area contributed by atoms with Crippen LogP contribution < -0.4 is 10.2 Å². The summed E-state index contributed by atoms with van der Waals surface area (Å²) in [7, 11) is 0. The fourth-order valence-corrected chi connectivity index (χ4v) is 3.39. The Morgan fingerprint density at radius 3 is 2.31 bits per heavy atom. The number of hydrogen-bond acceptors (Lipinski definition) is 1. The first-order valence-electron chi connectivity index (χ1n) is 9.18. The fourth-order valence-electron chi connectivity index (χ4n) is 3.39. The molecule has 2 rings (SSSR count). The number of carbonyl (C=O) groups excluding carboxylic acids is 1. The number of hydrogen-bond donors (Lipinski definition) is 1. The molecule has 2 aromatic rings. The van der Waals surface area contributed by atoms with Crippen LogP contribution in [0.15, 0.2) is 42.5 Å². The normalized spacial score (nSPS) is 11.4. The predicted octanol–water partition coefficient (Wildman–Crippen LogP) is 5.61. The van der Waals surface area contributed by atoms with Gasteiger partial charge in [0.2, 0.25) is 0 Å². The van der Waals surface area contributed by atoms with Crippen LogP contribution in [0, 0.1) is 13.8 Å². The number of urea groups is 1. The van der Waals surface area contributed by atoms with Crippen LogP contribution in [0.3, 0.4) is 0 Å². The van der Waals surface area contributed by atoms with Crippen LogP contribution in [-0.2, 0) is 12.8 Å². The Kier molecular flexibility index (Phi) is 8.86. The van der Waals surface area contributed by atoms with Crippen molar-refractivity contribution in [3.63, 3.8) is 0 Å². The first kappa shape index (κ1) is 22.2. The van der Waals surface area contributed by atoms with Gasteiger partial charge in [0, 0.05) is 12.6 Å². The Bertz CT molecular complexity index is 716. The number of halogens is 1. The van der Waals surface area contributed by atoms with Gasteiger partial charge in [0.25, 0.3) is 0 Å². The number of anilines is 1. The van der Waals surface area contributed by atoms with Crippen molar-refractivity contribution in [3.8, 4) is 0 Å². The van der Waals surface area contributed by atoms with Gasteiger partial charge in [-0.2, -0.15) is 0 Å². The smallest absolute Gasteiger partial charge is 0.322 e. The van der Waals surface area contributed by atoms with Crippen molar-refractivity contribution in [1.29, 1.82) is 0 Å². The van der Waals surface area contributed by atoms with Gasteiger partial charge >= 0.3 is 6.03 Å². The molecule has 0 aliphatic carbocycles. The number of nitrogens with one attached hydrogen (secondary N) is 1. The molecule has 0 aliphatic heterocycles. The summed E-state index contributed by atoms with van der Waals surface area (Å²) in [6.07, 6.45) is 1.81. The second-order valence-corrected chi connectivity index (χ2v) is 6.65. The van der Waals surface area contributed by atoms with Gasteiger partial charge in [0.05, 0.1) is 5.69 Å². The number of aryl methyl sites for hydroxylation is 2. The fraction of sp³-hybridized carbons (Fsp3) is 0.409. The molecular formula is C22H31BrN2O. The molecule has 2 amide bonds. The van der Waals surface area contributed by atoms with Crippen molar-refractivity contribution in [2.75, 3.05) is 11.4 Å². The lowest BCUT2D eigenvalue weighted by atomic mass is 10.00. The lowest BCUT2D eigenvalue weighted by Crippen LogP contribution is -2.45. The maximum Gasteiger partial charge on any atom is 0.322 e. The van der Waals surface area contributed by atoms with E-state index in [9.17, 15) is 4.79 Å². The average molecular weight is 419 g/mol. The molecule has 0 fully saturated rings. The monoisotopic (exact) mass is 418 g/mol. The average Bonchev–Trinajstić information content (AvgIpc) is 2.59. The first-order chi connectivity index (χ1) is 12.0. The van der Waals surface area contributed by atoms with Gasteiger partial charge in [-0.05, 0) is 62.8 Å². The van der Waals surface area contributed by atoms with Crippen molar-refractivity contribution in [3.05, 3.63) is 64.7 Å². The molecule has 0 saturated carbocycles. The third kappa shape index (κ3) is 5.34. The van der Waals surface area contributed by atoms with Crippen LogP contribution in [0.25, 0.3) is 0 Å². The molecule has 0 bridgehead atoms. The molecule has 0 heterocycles. The van der Waals surface area contributed by atoms with E-state index in [1.807, 2.05) is 30.0 Å². The van der Waals surface area contributed by atoms with E-state index in [4.69, 9.17) is 0 Å². The zero-order chi connectivity index (χ0) is 18.4. The highest BCUT2D eigenvalue weighted by Gasteiger charge is 2.20. The van der Waals surface area contributed by atoms with Gasteiger partial charge < -0.3 is 5.32 Å². The Morgan fingerprint density at radius 1 is 1.08 bits per heavy atom. The molecule has 1 N–H and O–H groups in total. The maximum atomic E-state index is 12.9. The summed E-state index contributed by atoms with van der Waals surface area (Å²) in [5, 5.41) is 3.16. The lowest BCUT2D eigenvalue weighted by Gasteiger charge is -2.28. The molecule has 4 heteroatoms. The topological polar surface area (TPSA) is 32.3 Å². The Hall–Kier alpha value is -1.81. The van der Waals surface area contributed by atoms with Crippen molar-refractivity contribution in [2.24, 2.45) is 0 Å². The van der Waals surface area contributed by atoms with Gasteiger partial charge in [0.1, 0.15) is 0 Å². The van der Waals surface area contributed by atoms with E-state index in [1.54, 1.807) is 0 Å². The van der Waals surface area contributed by atoms with Crippen LogP contribution >= 0.6 is 17.0 Å². The second kappa shape index (κ2) is 10.4. The summed E-state index contributed by atoms with van der Waals surface area (Å²) in [6, 6.07) is 14.6. The molecular weight excluding hydrogens is 388 g/mol. The molecule has 1 atom stereocenters. The van der Waals surface area contributed by atoms with Crippen LogP contribution in [-0.4, -0.2) is 18.6 Å². The molecule has 0 spiro atoms. The van der Waals surface area contributed by atoms with E-state index >= 15 is 0 Å². The van der Waals surface area contributed by atoms with Crippen molar-refractivity contribution >= 4 is 28.7 Å². The highest BCUT2D eigenvalue weighted by Crippen LogP contribution is 2.28. The van der Waals surface area contributed by atoms with E-state index in [1.165, 1.54) is 16.7 Å². The quantitative estimate of drug-likeness (QED) is 0.649. The zero-order valence-corrected chi connectivity index (χ0v) is 18.2. The third-order valence-corrected chi connectivity index (χ3v) is 4.71. The minimum atomic E-state index is -0.0228. The van der Waals surface area contributed by atoms with Crippen molar-refractivity contribution in [2.45, 2.75) is 53.5 Å². The molecule has 26 heavy (non-hydrogen) atoms. The van der Waals surface area contributed by atoms with Crippen LogP contribution in [0.1, 0.15) is 43.0 Å². The van der Waals surface area contributed by atoms with E-state index < -0.39 is 0 Å². The molecule has 142 valence electrons. The molecule has 0 saturated heterocycles. The molecule has 0 radical (unpaired) electrons. The zero-order valence-electron chi connectivity index (χ0n) is 16.5. The van der Waals surface area contributed by atoms with Crippen LogP contribution in [0.5, 0.6) is 0 Å². The van der Waals surface area contributed by atoms with Crippen LogP contribution in [0.2, 0.25) is 0 Å². The standard InChI is InChI=1S/C22H30N2O.BrH/c1-6-20-14-13-16(3)21(18(20)5)24(7-2)22(25)23-17(4)15-19-11-9-8-10-12-19;/h8-14,17H,6-7,15H2,1-5H3,(H,23,25);1H. The molecule has 0 aliphatic rings. The number of benzene rings is 2. The summed E-state index contributed by atoms with van der Waals surface area (Å²) >= 11 is 0. The lowest BCUT2D eigenvalue weighted by molar-refractivity contribution is 0.243. The minimum absolute atomic E-state index is 0. The van der Waals surface area contributed by atoms with Crippen molar-refractivity contribution in [1.82, 2.24) is 5.32 Å². The van der Waals surface area contributed by atoms with Gasteiger partial charge in [0.15, 0.2) is 0 Å². The molecule has 0 aromatic heterocycles. The number of carbonyl (C=O) groups is 1. The molecule has 3 nitrogen and oxygen atoms in total. The predicted molar refractivity (Wildman–Crippen MR) is 117 cm³/mol. The minimum Gasteiger partial charge on any atom is -0.335 e. The van der Waals surface area contributed by atoms with Gasteiger partial charge in [-0.1, -0.05) is 49.4 Å². The third-order valence-electron chi connectivity index (χ3n) is 4.71. The van der Waals surface area contributed by atoms with Gasteiger partial charge in [-0.15, -0.1) is 17.0 Å². The highest BCUT2D eigenvalue weighted by molar-refractivity contribution is 8.93. The van der Waals surface area contributed by atoms with E-state index in [0.29, 0.717) is 6.54 Å². The van der Waals surface area contributed by atoms with Crippen LogP contribution in [0.4, 0.5) is 10.5 Å². The second-order valence-electron chi connectivity index (χ2n) is 6.65. The summed E-state index contributed by atoms with van der Waals surface area (Å²) in [4.78, 5) is 14.8. The van der Waals surface area contributed by atoms with E-state index in [-0.39, 0.29) is 29.1 Å². The van der Waals surface area contributed by atoms with E-state index in [2.05, 4.69) is 57.3 Å². The summed E-state index contributed by atoms with van der Waals surface area (Å²) in [5.74, 6) is 0. The Morgan fingerprint density at radius 2 is 1.73 bits per heavy atom. The number of rotatable bonds is 6. The van der Waals surface area contributed by atoms with Gasteiger partial charge in [-0.3, -0.25) is 4.90 Å². The summed E-state index contributed by atoms with van der Waals surface area (Å²) in [6.45, 7) is 11.1. The summed E-state index contributed by atoms with van der Waals surface area (Å²) in [5.41, 5.74) is 5.92. The Balaban J connectivity index is 0.00000338. The van der Waals surface area contributed by atoms with E-state index in [0.717, 1.165) is 24.1 Å². The largest absolute Gasteiger partial charge is 0.335 e. The number of nitrogens with zero attached hydrogens (tertiary/aromatic N) is 1. The van der Waals surface area contributed by atoms with Crippen molar-refractivity contribution < 1.29 is 4.79 Å². The Labute approximate surface area is 168 Å². The SMILES string of the molecule is Br.CCc1ccc(C)c(N(CC)C(=O)NC(C)Cc2ccccc2)c1C. The van der Waals surface area contributed by atoms with Gasteiger partial charge in [-0.25, -0.2) is 4.79 Å². The number of amides is 2. The summed E-state index contributed by atoms with van der Waals surface area (Å²) < 4.78 is 0. The first-order valence-corrected chi connectivity index (χ1v) is 9.18. The molecule has 2 aromatic carbocycles. The molecule has 1 unspecified atom stereocenters. The highest BCUT2D eigenvalue weighted by atomic mass is 79.9.